The van der Waals surface area contributed by atoms with E-state index in [-0.39, 0.29) is 12.3 Å². The van der Waals surface area contributed by atoms with Gasteiger partial charge >= 0.3 is 0 Å². The van der Waals surface area contributed by atoms with Gasteiger partial charge in [-0.1, -0.05) is 12.1 Å². The summed E-state index contributed by atoms with van der Waals surface area (Å²) in [7, 11) is 1.58. The summed E-state index contributed by atoms with van der Waals surface area (Å²) in [5.41, 5.74) is 7.09. The van der Waals surface area contributed by atoms with Crippen molar-refractivity contribution in [2.75, 3.05) is 13.7 Å². The first kappa shape index (κ1) is 17.6. The molecule has 0 aliphatic heterocycles. The Balaban J connectivity index is 1.84. The lowest BCUT2D eigenvalue weighted by Gasteiger charge is -2.12. The summed E-state index contributed by atoms with van der Waals surface area (Å²) < 4.78 is 17.9. The number of benzene rings is 2. The fraction of sp³-hybridized carbons (Fsp3) is 0.222. The second-order valence-electron chi connectivity index (χ2n) is 5.31. The molecule has 0 unspecified atom stereocenters. The molecule has 0 aliphatic rings. The first-order chi connectivity index (χ1) is 11.5. The number of Topliss-reactive ketones (excluding diaryl/α,β-unsaturated/α-hetero) is 1. The average molecular weight is 330 g/mol. The molecule has 5 nitrogen and oxygen atoms in total. The Hall–Kier alpha value is -2.73. The van der Waals surface area contributed by atoms with Crippen molar-refractivity contribution in [3.63, 3.8) is 0 Å². The normalized spacial score (nSPS) is 11.6. The number of hydrogen-bond acceptors (Lipinski definition) is 4. The van der Waals surface area contributed by atoms with E-state index in [4.69, 9.17) is 10.5 Å². The van der Waals surface area contributed by atoms with Crippen molar-refractivity contribution in [1.82, 2.24) is 5.32 Å². The average Bonchev–Trinajstić information content (AvgIpc) is 2.60. The third-order valence-corrected chi connectivity index (χ3v) is 3.54. The predicted octanol–water partition coefficient (Wildman–Crippen LogP) is 1.70. The Morgan fingerprint density at radius 1 is 1.12 bits per heavy atom. The molecule has 0 saturated heterocycles. The molecule has 1 amide bonds. The van der Waals surface area contributed by atoms with Gasteiger partial charge in [-0.05, 0) is 48.4 Å². The molecule has 0 aromatic heterocycles. The molecule has 6 heteroatoms. The lowest BCUT2D eigenvalue weighted by Crippen LogP contribution is -2.43. The number of hydrogen-bond donors (Lipinski definition) is 2. The molecule has 2 aromatic rings. The minimum absolute atomic E-state index is 0.180. The van der Waals surface area contributed by atoms with Crippen LogP contribution in [-0.4, -0.2) is 31.4 Å². The Morgan fingerprint density at radius 3 is 2.33 bits per heavy atom. The van der Waals surface area contributed by atoms with Crippen LogP contribution in [0.15, 0.2) is 48.5 Å². The molecule has 0 heterocycles. The van der Waals surface area contributed by atoms with E-state index < -0.39 is 17.8 Å². The fourth-order valence-electron chi connectivity index (χ4n) is 2.14. The van der Waals surface area contributed by atoms with Crippen molar-refractivity contribution >= 4 is 11.7 Å². The van der Waals surface area contributed by atoms with Crippen LogP contribution in [0.25, 0.3) is 0 Å². The lowest BCUT2D eigenvalue weighted by atomic mass is 10.1. The molecule has 0 spiro atoms. The fourth-order valence-corrected chi connectivity index (χ4v) is 2.14. The van der Waals surface area contributed by atoms with Crippen LogP contribution >= 0.6 is 0 Å². The van der Waals surface area contributed by atoms with E-state index in [2.05, 4.69) is 5.32 Å². The molecule has 2 rings (SSSR count). The molecule has 3 N–H and O–H groups in total. The highest BCUT2D eigenvalue weighted by atomic mass is 19.1. The first-order valence-corrected chi connectivity index (χ1v) is 7.44. The summed E-state index contributed by atoms with van der Waals surface area (Å²) >= 11 is 0. The van der Waals surface area contributed by atoms with Crippen LogP contribution in [0.3, 0.4) is 0 Å². The summed E-state index contributed by atoms with van der Waals surface area (Å²) in [5, 5.41) is 2.51. The maximum absolute atomic E-state index is 12.8. The third-order valence-electron chi connectivity index (χ3n) is 3.54. The molecule has 2 aromatic carbocycles. The van der Waals surface area contributed by atoms with Crippen molar-refractivity contribution in [1.29, 1.82) is 0 Å². The number of carbonyl (C=O) groups excluding carboxylic acids is 2. The minimum atomic E-state index is -0.764. The summed E-state index contributed by atoms with van der Waals surface area (Å²) in [6.45, 7) is -0.180. The summed E-state index contributed by atoms with van der Waals surface area (Å²) in [6, 6.07) is 11.6. The number of amides is 1. The van der Waals surface area contributed by atoms with Gasteiger partial charge in [0.2, 0.25) is 5.91 Å². The Labute approximate surface area is 139 Å². The number of ketones is 1. The highest BCUT2D eigenvalue weighted by Crippen LogP contribution is 2.12. The van der Waals surface area contributed by atoms with Gasteiger partial charge in [0, 0.05) is 5.56 Å². The number of nitrogens with two attached hydrogens (primary N) is 1. The summed E-state index contributed by atoms with van der Waals surface area (Å²) in [6.07, 6.45) is 0.348. The van der Waals surface area contributed by atoms with Crippen LogP contribution in [-0.2, 0) is 11.2 Å². The molecule has 0 fully saturated rings. The number of rotatable bonds is 7. The zero-order valence-corrected chi connectivity index (χ0v) is 13.3. The van der Waals surface area contributed by atoms with Gasteiger partial charge in [-0.3, -0.25) is 9.59 Å². The van der Waals surface area contributed by atoms with Crippen LogP contribution in [0.5, 0.6) is 5.75 Å². The van der Waals surface area contributed by atoms with E-state index in [0.717, 1.165) is 11.3 Å². The van der Waals surface area contributed by atoms with E-state index in [1.54, 1.807) is 19.2 Å². The third kappa shape index (κ3) is 4.89. The predicted molar refractivity (Wildman–Crippen MR) is 88.4 cm³/mol. The van der Waals surface area contributed by atoms with E-state index in [1.807, 2.05) is 12.1 Å². The molecule has 0 saturated carbocycles. The minimum Gasteiger partial charge on any atom is -0.497 e. The van der Waals surface area contributed by atoms with Gasteiger partial charge in [0.1, 0.15) is 11.6 Å². The quantitative estimate of drug-likeness (QED) is 0.757. The van der Waals surface area contributed by atoms with E-state index >= 15 is 0 Å². The maximum Gasteiger partial charge on any atom is 0.237 e. The van der Waals surface area contributed by atoms with Gasteiger partial charge in [0.15, 0.2) is 5.78 Å². The second-order valence-corrected chi connectivity index (χ2v) is 5.31. The van der Waals surface area contributed by atoms with Crippen LogP contribution in [0.4, 0.5) is 4.39 Å². The van der Waals surface area contributed by atoms with Gasteiger partial charge in [-0.15, -0.1) is 0 Å². The number of ether oxygens (including phenoxy) is 1. The van der Waals surface area contributed by atoms with Crippen molar-refractivity contribution < 1.29 is 18.7 Å². The summed E-state index contributed by atoms with van der Waals surface area (Å²) in [5.74, 6) is -0.417. The zero-order chi connectivity index (χ0) is 17.5. The van der Waals surface area contributed by atoms with Gasteiger partial charge < -0.3 is 15.8 Å². The molecule has 126 valence electrons. The highest BCUT2D eigenvalue weighted by molar-refractivity contribution is 5.99. The van der Waals surface area contributed by atoms with Gasteiger partial charge in [-0.25, -0.2) is 4.39 Å². The van der Waals surface area contributed by atoms with E-state index in [1.165, 1.54) is 24.3 Å². The van der Waals surface area contributed by atoms with Crippen molar-refractivity contribution in [2.24, 2.45) is 5.73 Å². The molecule has 0 aliphatic carbocycles. The summed E-state index contributed by atoms with van der Waals surface area (Å²) in [4.78, 5) is 23.9. The van der Waals surface area contributed by atoms with Crippen molar-refractivity contribution in [2.45, 2.75) is 12.5 Å². The second kappa shape index (κ2) is 8.21. The monoisotopic (exact) mass is 330 g/mol. The Morgan fingerprint density at radius 2 is 1.75 bits per heavy atom. The molecule has 0 bridgehead atoms. The highest BCUT2D eigenvalue weighted by Gasteiger charge is 2.15. The first-order valence-electron chi connectivity index (χ1n) is 7.44. The van der Waals surface area contributed by atoms with Crippen molar-refractivity contribution in [3.05, 3.63) is 65.5 Å². The van der Waals surface area contributed by atoms with Gasteiger partial charge in [0.05, 0.1) is 19.7 Å². The molecule has 1 atom stereocenters. The van der Waals surface area contributed by atoms with Gasteiger partial charge in [-0.2, -0.15) is 0 Å². The molecular formula is C18H19FN2O3. The van der Waals surface area contributed by atoms with Crippen LogP contribution in [0.2, 0.25) is 0 Å². The SMILES string of the molecule is COc1ccc(C[C@H](N)C(=O)NCC(=O)c2ccc(F)cc2)cc1. The molecule has 0 radical (unpaired) electrons. The number of methoxy groups -OCH3 is 1. The molecule has 24 heavy (non-hydrogen) atoms. The number of carbonyl (C=O) groups is 2. The van der Waals surface area contributed by atoms with Crippen LogP contribution in [0.1, 0.15) is 15.9 Å². The van der Waals surface area contributed by atoms with E-state index in [0.29, 0.717) is 12.0 Å². The Bertz CT molecular complexity index is 699. The van der Waals surface area contributed by atoms with E-state index in [9.17, 15) is 14.0 Å². The van der Waals surface area contributed by atoms with Gasteiger partial charge in [0.25, 0.3) is 0 Å². The van der Waals surface area contributed by atoms with Crippen LogP contribution in [0, 0.1) is 5.82 Å². The maximum atomic E-state index is 12.8. The smallest absolute Gasteiger partial charge is 0.237 e. The topological polar surface area (TPSA) is 81.4 Å². The Kier molecular flexibility index (Phi) is 6.03. The standard InChI is InChI=1S/C18H19FN2O3/c1-24-15-8-2-12(3-9-15)10-16(20)18(23)21-11-17(22)13-4-6-14(19)7-5-13/h2-9,16H,10-11,20H2,1H3,(H,21,23)/t16-/m0/s1. The number of nitrogens with one attached hydrogen (secondary N) is 1. The zero-order valence-electron chi connectivity index (χ0n) is 13.3. The molecular weight excluding hydrogens is 311 g/mol. The van der Waals surface area contributed by atoms with Crippen LogP contribution < -0.4 is 15.8 Å². The van der Waals surface area contributed by atoms with Crippen molar-refractivity contribution in [3.8, 4) is 5.75 Å². The lowest BCUT2D eigenvalue weighted by molar-refractivity contribution is -0.122. The number of halogens is 1. The largest absolute Gasteiger partial charge is 0.497 e.